The van der Waals surface area contributed by atoms with Gasteiger partial charge in [-0.15, -0.1) is 0 Å². The minimum Gasteiger partial charge on any atom is -0.377 e. The maximum absolute atomic E-state index is 5.66. The van der Waals surface area contributed by atoms with Crippen molar-refractivity contribution in [1.29, 1.82) is 0 Å². The number of ether oxygens (including phenoxy) is 1. The fourth-order valence-electron chi connectivity index (χ4n) is 2.20. The van der Waals surface area contributed by atoms with E-state index in [-0.39, 0.29) is 0 Å². The Morgan fingerprint density at radius 3 is 2.05 bits per heavy atom. The second-order valence-electron chi connectivity index (χ2n) is 5.18. The average molecular weight is 280 g/mol. The second kappa shape index (κ2) is 9.95. The molecule has 0 heterocycles. The minimum atomic E-state index is 0.721. The summed E-state index contributed by atoms with van der Waals surface area (Å²) in [5, 5.41) is 0. The molecule has 2 rings (SSSR count). The lowest BCUT2D eigenvalue weighted by atomic mass is 10.1. The molecule has 2 aromatic rings. The third kappa shape index (κ3) is 6.92. The molecule has 0 atom stereocenters. The highest BCUT2D eigenvalue weighted by molar-refractivity contribution is 5.15. The molecule has 0 saturated carbocycles. The van der Waals surface area contributed by atoms with Crippen LogP contribution in [0.15, 0.2) is 72.8 Å². The number of benzene rings is 2. The van der Waals surface area contributed by atoms with E-state index in [4.69, 9.17) is 4.74 Å². The summed E-state index contributed by atoms with van der Waals surface area (Å²) in [7, 11) is 0. The van der Waals surface area contributed by atoms with Crippen LogP contribution < -0.4 is 0 Å². The maximum Gasteiger partial charge on any atom is 0.0716 e. The van der Waals surface area contributed by atoms with Gasteiger partial charge in [-0.1, -0.05) is 72.8 Å². The van der Waals surface area contributed by atoms with Crippen molar-refractivity contribution >= 4 is 0 Å². The summed E-state index contributed by atoms with van der Waals surface area (Å²) in [6, 6.07) is 21.0. The van der Waals surface area contributed by atoms with Crippen molar-refractivity contribution in [1.82, 2.24) is 0 Å². The third-order valence-corrected chi connectivity index (χ3v) is 3.38. The van der Waals surface area contributed by atoms with Gasteiger partial charge in [-0.05, 0) is 36.8 Å². The molecule has 0 aliphatic rings. The Labute approximate surface area is 128 Å². The van der Waals surface area contributed by atoms with Gasteiger partial charge in [-0.25, -0.2) is 0 Å². The summed E-state index contributed by atoms with van der Waals surface area (Å²) in [4.78, 5) is 0. The van der Waals surface area contributed by atoms with Crippen molar-refractivity contribution in [2.24, 2.45) is 0 Å². The zero-order chi connectivity index (χ0) is 14.6. The molecule has 2 aromatic carbocycles. The van der Waals surface area contributed by atoms with E-state index >= 15 is 0 Å². The molecule has 0 spiro atoms. The molecule has 1 nitrogen and oxygen atoms in total. The Morgan fingerprint density at radius 1 is 0.714 bits per heavy atom. The van der Waals surface area contributed by atoms with Crippen LogP contribution in [-0.4, -0.2) is 6.61 Å². The summed E-state index contributed by atoms with van der Waals surface area (Å²) in [5.41, 5.74) is 2.66. The van der Waals surface area contributed by atoms with E-state index in [1.807, 2.05) is 18.2 Å². The van der Waals surface area contributed by atoms with Gasteiger partial charge in [0.1, 0.15) is 0 Å². The molecule has 0 saturated heterocycles. The van der Waals surface area contributed by atoms with Gasteiger partial charge in [0.05, 0.1) is 6.61 Å². The van der Waals surface area contributed by atoms with Crippen LogP contribution in [0, 0.1) is 0 Å². The lowest BCUT2D eigenvalue weighted by molar-refractivity contribution is 0.119. The molecule has 0 aromatic heterocycles. The molecule has 0 unspecified atom stereocenters. The summed E-state index contributed by atoms with van der Waals surface area (Å²) < 4.78 is 5.66. The lowest BCUT2D eigenvalue weighted by Crippen LogP contribution is -1.94. The molecule has 0 amide bonds. The molecule has 0 N–H and O–H groups in total. The van der Waals surface area contributed by atoms with Crippen molar-refractivity contribution in [2.75, 3.05) is 6.61 Å². The number of aryl methyl sites for hydroxylation is 1. The van der Waals surface area contributed by atoms with E-state index in [9.17, 15) is 0 Å². The Balaban J connectivity index is 1.47. The average Bonchev–Trinajstić information content (AvgIpc) is 2.55. The van der Waals surface area contributed by atoms with Crippen molar-refractivity contribution in [3.8, 4) is 0 Å². The van der Waals surface area contributed by atoms with Gasteiger partial charge in [-0.2, -0.15) is 0 Å². The van der Waals surface area contributed by atoms with Gasteiger partial charge < -0.3 is 4.74 Å². The Bertz CT molecular complexity index is 502. The van der Waals surface area contributed by atoms with Crippen LogP contribution in [-0.2, 0) is 17.8 Å². The monoisotopic (exact) mass is 280 g/mol. The molecule has 110 valence electrons. The Morgan fingerprint density at radius 2 is 1.33 bits per heavy atom. The standard InChI is InChI=1S/C20H24O/c1(2-6-12-19-13-7-4-8-14-19)3-11-17-21-18-20-15-9-5-10-16-20/h1-2,4-5,7-10,13-16H,3,6,11-12,17-18H2/b2-1+. The summed E-state index contributed by atoms with van der Waals surface area (Å²) in [6.45, 7) is 1.55. The lowest BCUT2D eigenvalue weighted by Gasteiger charge is -2.02. The SMILES string of the molecule is C(=C\CCc1ccccc1)/CCCOCc1ccccc1. The van der Waals surface area contributed by atoms with Crippen LogP contribution in [0.4, 0.5) is 0 Å². The zero-order valence-electron chi connectivity index (χ0n) is 12.6. The number of hydrogen-bond acceptors (Lipinski definition) is 1. The van der Waals surface area contributed by atoms with Crippen molar-refractivity contribution in [3.63, 3.8) is 0 Å². The van der Waals surface area contributed by atoms with Crippen LogP contribution in [0.3, 0.4) is 0 Å². The van der Waals surface area contributed by atoms with Crippen LogP contribution in [0.2, 0.25) is 0 Å². The highest BCUT2D eigenvalue weighted by Crippen LogP contribution is 2.04. The normalized spacial score (nSPS) is 11.0. The molecule has 0 aliphatic heterocycles. The first-order chi connectivity index (χ1) is 10.4. The molecule has 0 aliphatic carbocycles. The number of hydrogen-bond donors (Lipinski definition) is 0. The Kier molecular flexibility index (Phi) is 7.36. The number of unbranched alkanes of at least 4 members (excludes halogenated alkanes) is 1. The van der Waals surface area contributed by atoms with Crippen LogP contribution in [0.25, 0.3) is 0 Å². The van der Waals surface area contributed by atoms with Crippen LogP contribution >= 0.6 is 0 Å². The van der Waals surface area contributed by atoms with Gasteiger partial charge in [0.25, 0.3) is 0 Å². The summed E-state index contributed by atoms with van der Waals surface area (Å²) in [5.74, 6) is 0. The quantitative estimate of drug-likeness (QED) is 0.454. The van der Waals surface area contributed by atoms with Crippen molar-refractivity contribution < 1.29 is 4.74 Å². The molecule has 21 heavy (non-hydrogen) atoms. The van der Waals surface area contributed by atoms with E-state index in [1.54, 1.807) is 0 Å². The molecule has 0 fully saturated rings. The van der Waals surface area contributed by atoms with Crippen molar-refractivity contribution in [3.05, 3.63) is 83.9 Å². The van der Waals surface area contributed by atoms with Gasteiger partial charge in [0, 0.05) is 6.61 Å². The van der Waals surface area contributed by atoms with E-state index in [2.05, 4.69) is 54.6 Å². The molecular weight excluding hydrogens is 256 g/mol. The highest BCUT2D eigenvalue weighted by Gasteiger charge is 1.91. The molecule has 1 heteroatoms. The van der Waals surface area contributed by atoms with E-state index < -0.39 is 0 Å². The molecular formula is C20H24O. The maximum atomic E-state index is 5.66. The van der Waals surface area contributed by atoms with Gasteiger partial charge >= 0.3 is 0 Å². The van der Waals surface area contributed by atoms with E-state index in [1.165, 1.54) is 11.1 Å². The van der Waals surface area contributed by atoms with E-state index in [0.717, 1.165) is 38.9 Å². The minimum absolute atomic E-state index is 0.721. The largest absolute Gasteiger partial charge is 0.377 e. The first-order valence-corrected chi connectivity index (χ1v) is 7.76. The molecule has 0 radical (unpaired) electrons. The fourth-order valence-corrected chi connectivity index (χ4v) is 2.20. The van der Waals surface area contributed by atoms with Gasteiger partial charge in [0.15, 0.2) is 0 Å². The predicted octanol–water partition coefficient (Wildman–Crippen LogP) is 5.17. The number of rotatable bonds is 9. The van der Waals surface area contributed by atoms with Gasteiger partial charge in [0.2, 0.25) is 0 Å². The van der Waals surface area contributed by atoms with Crippen molar-refractivity contribution in [2.45, 2.75) is 32.3 Å². The summed E-state index contributed by atoms with van der Waals surface area (Å²) >= 11 is 0. The summed E-state index contributed by atoms with van der Waals surface area (Å²) in [6.07, 6.45) is 8.99. The van der Waals surface area contributed by atoms with Gasteiger partial charge in [-0.3, -0.25) is 0 Å². The zero-order valence-corrected chi connectivity index (χ0v) is 12.6. The topological polar surface area (TPSA) is 9.23 Å². The molecule has 0 bridgehead atoms. The Hall–Kier alpha value is -1.86. The van der Waals surface area contributed by atoms with E-state index in [0.29, 0.717) is 0 Å². The number of allylic oxidation sites excluding steroid dienone is 2. The van der Waals surface area contributed by atoms with Crippen LogP contribution in [0.5, 0.6) is 0 Å². The first-order valence-electron chi connectivity index (χ1n) is 7.76. The second-order valence-corrected chi connectivity index (χ2v) is 5.18. The van der Waals surface area contributed by atoms with Crippen LogP contribution in [0.1, 0.15) is 30.4 Å². The smallest absolute Gasteiger partial charge is 0.0716 e. The fraction of sp³-hybridized carbons (Fsp3) is 0.300. The third-order valence-electron chi connectivity index (χ3n) is 3.38. The predicted molar refractivity (Wildman–Crippen MR) is 89.2 cm³/mol. The highest BCUT2D eigenvalue weighted by atomic mass is 16.5. The first kappa shape index (κ1) is 15.5.